The highest BCUT2D eigenvalue weighted by Crippen LogP contribution is 2.22. The van der Waals surface area contributed by atoms with Crippen molar-refractivity contribution >= 4 is 22.9 Å². The van der Waals surface area contributed by atoms with E-state index in [1.165, 1.54) is 0 Å². The van der Waals surface area contributed by atoms with Crippen LogP contribution in [0.3, 0.4) is 0 Å². The van der Waals surface area contributed by atoms with E-state index in [-0.39, 0.29) is 5.95 Å². The maximum absolute atomic E-state index is 13.2. The number of carbonyl (C=O) groups excluding carboxylic acids is 1. The molecule has 0 saturated heterocycles. The van der Waals surface area contributed by atoms with Crippen molar-refractivity contribution in [3.05, 3.63) is 54.4 Å². The molecule has 1 aromatic carbocycles. The number of pyridine rings is 1. The molecule has 0 unspecified atom stereocenters. The second kappa shape index (κ2) is 6.35. The Balaban J connectivity index is 1.92. The third kappa shape index (κ3) is 3.40. The van der Waals surface area contributed by atoms with Gasteiger partial charge in [0, 0.05) is 31.8 Å². The number of rotatable bonds is 5. The Kier molecular flexibility index (Phi) is 4.24. The van der Waals surface area contributed by atoms with Gasteiger partial charge < -0.3 is 4.57 Å². The lowest BCUT2D eigenvalue weighted by molar-refractivity contribution is -0.137. The van der Waals surface area contributed by atoms with Gasteiger partial charge in [-0.05, 0) is 24.3 Å². The van der Waals surface area contributed by atoms with Crippen molar-refractivity contribution in [1.82, 2.24) is 14.5 Å². The molecule has 0 radical (unpaired) electrons. The standard InChI is InChI=1S/C17H16F2N4O/c1-17(18,19)15(24)22-16-21-13-7-2-3-8-14(13)23(16)11-9-12-6-4-5-10-20-12/h2-8,10H,9,11H2,1H3,(H,21,22,24). The van der Waals surface area contributed by atoms with Crippen molar-refractivity contribution in [1.29, 1.82) is 0 Å². The van der Waals surface area contributed by atoms with Crippen molar-refractivity contribution in [2.24, 2.45) is 0 Å². The smallest absolute Gasteiger partial charge is 0.310 e. The number of anilines is 1. The van der Waals surface area contributed by atoms with Crippen LogP contribution in [0.1, 0.15) is 12.6 Å². The Labute approximate surface area is 137 Å². The molecule has 0 saturated carbocycles. The van der Waals surface area contributed by atoms with Gasteiger partial charge in [0.2, 0.25) is 5.95 Å². The molecular weight excluding hydrogens is 314 g/mol. The van der Waals surface area contributed by atoms with E-state index in [0.29, 0.717) is 25.4 Å². The number of aryl methyl sites for hydroxylation is 2. The van der Waals surface area contributed by atoms with Crippen molar-refractivity contribution in [2.45, 2.75) is 25.8 Å². The number of fused-ring (bicyclic) bond motifs is 1. The summed E-state index contributed by atoms with van der Waals surface area (Å²) in [7, 11) is 0. The van der Waals surface area contributed by atoms with Crippen LogP contribution in [-0.2, 0) is 17.8 Å². The molecule has 124 valence electrons. The van der Waals surface area contributed by atoms with Gasteiger partial charge in [0.15, 0.2) is 0 Å². The largest absolute Gasteiger partial charge is 0.322 e. The molecule has 7 heteroatoms. The zero-order valence-electron chi connectivity index (χ0n) is 13.0. The number of aromatic nitrogens is 3. The van der Waals surface area contributed by atoms with Gasteiger partial charge in [0.25, 0.3) is 5.91 Å². The quantitative estimate of drug-likeness (QED) is 0.781. The van der Waals surface area contributed by atoms with Crippen LogP contribution in [0.25, 0.3) is 11.0 Å². The first-order chi connectivity index (χ1) is 11.4. The third-order valence-electron chi connectivity index (χ3n) is 3.60. The van der Waals surface area contributed by atoms with Gasteiger partial charge in [0.1, 0.15) is 0 Å². The summed E-state index contributed by atoms with van der Waals surface area (Å²) in [6.07, 6.45) is 2.29. The lowest BCUT2D eigenvalue weighted by Crippen LogP contribution is -2.32. The van der Waals surface area contributed by atoms with E-state index in [1.54, 1.807) is 22.9 Å². The average molecular weight is 330 g/mol. The Morgan fingerprint density at radius 2 is 1.96 bits per heavy atom. The van der Waals surface area contributed by atoms with E-state index >= 15 is 0 Å². The Bertz CT molecular complexity index is 856. The molecule has 0 atom stereocenters. The summed E-state index contributed by atoms with van der Waals surface area (Å²) >= 11 is 0. The molecule has 2 aromatic heterocycles. The van der Waals surface area contributed by atoms with Crippen molar-refractivity contribution in [3.63, 3.8) is 0 Å². The first kappa shape index (κ1) is 16.0. The second-order valence-corrected chi connectivity index (χ2v) is 5.49. The molecule has 5 nitrogen and oxygen atoms in total. The van der Waals surface area contributed by atoms with Crippen LogP contribution in [0.2, 0.25) is 0 Å². The molecule has 0 aliphatic heterocycles. The zero-order chi connectivity index (χ0) is 17.2. The van der Waals surface area contributed by atoms with Crippen LogP contribution >= 0.6 is 0 Å². The molecule has 3 aromatic rings. The number of para-hydroxylation sites is 2. The first-order valence-electron chi connectivity index (χ1n) is 7.49. The van der Waals surface area contributed by atoms with Crippen LogP contribution in [0.5, 0.6) is 0 Å². The highest BCUT2D eigenvalue weighted by Gasteiger charge is 2.33. The Morgan fingerprint density at radius 1 is 1.21 bits per heavy atom. The summed E-state index contributed by atoms with van der Waals surface area (Å²) in [5.74, 6) is -4.74. The fourth-order valence-corrected chi connectivity index (χ4v) is 2.38. The summed E-state index contributed by atoms with van der Waals surface area (Å²) in [6, 6.07) is 12.8. The Morgan fingerprint density at radius 3 is 2.67 bits per heavy atom. The highest BCUT2D eigenvalue weighted by atomic mass is 19.3. The number of alkyl halides is 2. The number of imidazole rings is 1. The van der Waals surface area contributed by atoms with Gasteiger partial charge >= 0.3 is 5.92 Å². The fraction of sp³-hybridized carbons (Fsp3) is 0.235. The van der Waals surface area contributed by atoms with Gasteiger partial charge in [-0.15, -0.1) is 0 Å². The summed E-state index contributed by atoms with van der Waals surface area (Å²) in [5, 5.41) is 2.22. The van der Waals surface area contributed by atoms with Gasteiger partial charge in [0.05, 0.1) is 11.0 Å². The topological polar surface area (TPSA) is 59.8 Å². The number of amides is 1. The number of halogens is 2. The third-order valence-corrected chi connectivity index (χ3v) is 3.60. The first-order valence-corrected chi connectivity index (χ1v) is 7.49. The zero-order valence-corrected chi connectivity index (χ0v) is 13.0. The van der Waals surface area contributed by atoms with Crippen LogP contribution in [0, 0.1) is 0 Å². The molecule has 2 heterocycles. The normalized spacial score (nSPS) is 11.6. The summed E-state index contributed by atoms with van der Waals surface area (Å²) < 4.78 is 28.1. The van der Waals surface area contributed by atoms with Gasteiger partial charge in [-0.2, -0.15) is 8.78 Å². The number of nitrogens with one attached hydrogen (secondary N) is 1. The minimum Gasteiger partial charge on any atom is -0.310 e. The molecular formula is C17H16F2N4O. The minimum absolute atomic E-state index is 0.110. The van der Waals surface area contributed by atoms with Crippen LogP contribution in [0.4, 0.5) is 14.7 Å². The average Bonchev–Trinajstić information content (AvgIpc) is 2.90. The Hall–Kier alpha value is -2.83. The summed E-state index contributed by atoms with van der Waals surface area (Å²) in [5.41, 5.74) is 2.27. The monoisotopic (exact) mass is 330 g/mol. The van der Waals surface area contributed by atoms with Gasteiger partial charge in [-0.3, -0.25) is 15.1 Å². The van der Waals surface area contributed by atoms with E-state index in [9.17, 15) is 13.6 Å². The predicted octanol–water partition coefficient (Wildman–Crippen LogP) is 3.27. The molecule has 0 aliphatic rings. The fourth-order valence-electron chi connectivity index (χ4n) is 2.38. The molecule has 1 N–H and O–H groups in total. The molecule has 0 aliphatic carbocycles. The second-order valence-electron chi connectivity index (χ2n) is 5.49. The maximum atomic E-state index is 13.2. The van der Waals surface area contributed by atoms with Gasteiger partial charge in [-0.1, -0.05) is 18.2 Å². The number of nitrogens with zero attached hydrogens (tertiary/aromatic N) is 3. The molecule has 3 rings (SSSR count). The number of hydrogen-bond acceptors (Lipinski definition) is 3. The van der Waals surface area contributed by atoms with Crippen LogP contribution in [-0.4, -0.2) is 26.4 Å². The molecule has 0 spiro atoms. The number of benzene rings is 1. The van der Waals surface area contributed by atoms with Crippen LogP contribution in [0.15, 0.2) is 48.7 Å². The van der Waals surface area contributed by atoms with Gasteiger partial charge in [-0.25, -0.2) is 4.98 Å². The molecule has 0 fully saturated rings. The SMILES string of the molecule is CC(F)(F)C(=O)Nc1nc2ccccc2n1CCc1ccccn1. The van der Waals surface area contributed by atoms with Crippen molar-refractivity contribution in [3.8, 4) is 0 Å². The number of hydrogen-bond donors (Lipinski definition) is 1. The van der Waals surface area contributed by atoms with Crippen molar-refractivity contribution in [2.75, 3.05) is 5.32 Å². The van der Waals surface area contributed by atoms with E-state index < -0.39 is 11.8 Å². The molecule has 0 bridgehead atoms. The predicted molar refractivity (Wildman–Crippen MR) is 86.9 cm³/mol. The highest BCUT2D eigenvalue weighted by molar-refractivity contribution is 5.95. The van der Waals surface area contributed by atoms with E-state index in [2.05, 4.69) is 15.3 Å². The lowest BCUT2D eigenvalue weighted by atomic mass is 10.2. The number of carbonyl (C=O) groups is 1. The van der Waals surface area contributed by atoms with E-state index in [1.807, 2.05) is 30.3 Å². The maximum Gasteiger partial charge on any atom is 0.322 e. The minimum atomic E-state index is -3.47. The van der Waals surface area contributed by atoms with E-state index in [0.717, 1.165) is 11.2 Å². The molecule has 1 amide bonds. The van der Waals surface area contributed by atoms with Crippen LogP contribution < -0.4 is 5.32 Å². The summed E-state index contributed by atoms with van der Waals surface area (Å²) in [6.45, 7) is 1.02. The molecule has 24 heavy (non-hydrogen) atoms. The summed E-state index contributed by atoms with van der Waals surface area (Å²) in [4.78, 5) is 20.1. The lowest BCUT2D eigenvalue weighted by Gasteiger charge is -2.13. The van der Waals surface area contributed by atoms with Crippen molar-refractivity contribution < 1.29 is 13.6 Å². The van der Waals surface area contributed by atoms with E-state index in [4.69, 9.17) is 0 Å².